The van der Waals surface area contributed by atoms with Crippen molar-refractivity contribution in [1.29, 1.82) is 0 Å². The van der Waals surface area contributed by atoms with E-state index in [0.717, 1.165) is 32.4 Å². The lowest BCUT2D eigenvalue weighted by Gasteiger charge is -2.34. The van der Waals surface area contributed by atoms with Gasteiger partial charge in [-0.05, 0) is 38.4 Å². The number of benzene rings is 1. The van der Waals surface area contributed by atoms with Gasteiger partial charge in [0.15, 0.2) is 5.69 Å². The van der Waals surface area contributed by atoms with Gasteiger partial charge in [0.05, 0.1) is 10.4 Å². The van der Waals surface area contributed by atoms with E-state index in [1.807, 2.05) is 11.8 Å². The fraction of sp³-hybridized carbons (Fsp3) is 0.500. The molecule has 136 valence electrons. The number of nitro benzene ring substituents is 1. The third-order valence-electron chi connectivity index (χ3n) is 4.43. The lowest BCUT2D eigenvalue weighted by molar-refractivity contribution is -0.384. The minimum absolute atomic E-state index is 0. The molecule has 1 amide bonds. The molecule has 0 radical (unpaired) electrons. The molecule has 1 aromatic heterocycles. The third kappa shape index (κ3) is 3.91. The number of piperidine rings is 1. The molecule has 0 unspecified atom stereocenters. The molecule has 8 nitrogen and oxygen atoms in total. The van der Waals surface area contributed by atoms with Crippen molar-refractivity contribution in [2.45, 2.75) is 32.2 Å². The quantitative estimate of drug-likeness (QED) is 0.624. The number of aromatic nitrogens is 2. The van der Waals surface area contributed by atoms with E-state index in [2.05, 4.69) is 15.5 Å². The number of carbonyl (C=O) groups is 1. The van der Waals surface area contributed by atoms with E-state index in [1.54, 1.807) is 6.07 Å². The maximum atomic E-state index is 13.0. The Labute approximate surface area is 151 Å². The zero-order valence-electron chi connectivity index (χ0n) is 14.0. The zero-order chi connectivity index (χ0) is 17.1. The van der Waals surface area contributed by atoms with Gasteiger partial charge in [0.25, 0.3) is 11.6 Å². The monoisotopic (exact) mass is 367 g/mol. The smallest absolute Gasteiger partial charge is 0.275 e. The number of nitrogens with one attached hydrogen (secondary N) is 2. The number of hydrogen-bond donors (Lipinski definition) is 2. The van der Waals surface area contributed by atoms with Gasteiger partial charge in [-0.25, -0.2) is 0 Å². The van der Waals surface area contributed by atoms with Crippen LogP contribution in [0.25, 0.3) is 10.9 Å². The number of halogens is 1. The van der Waals surface area contributed by atoms with Gasteiger partial charge >= 0.3 is 0 Å². The summed E-state index contributed by atoms with van der Waals surface area (Å²) in [6, 6.07) is 4.60. The second kappa shape index (κ2) is 8.26. The highest BCUT2D eigenvalue weighted by molar-refractivity contribution is 6.05. The summed E-state index contributed by atoms with van der Waals surface area (Å²) >= 11 is 0. The lowest BCUT2D eigenvalue weighted by atomic mass is 10.0. The van der Waals surface area contributed by atoms with Crippen LogP contribution in [0.5, 0.6) is 0 Å². The number of nitro groups is 1. The Morgan fingerprint density at radius 1 is 1.40 bits per heavy atom. The molecule has 9 heteroatoms. The van der Waals surface area contributed by atoms with Crippen LogP contribution in [0.4, 0.5) is 5.69 Å². The minimum atomic E-state index is -0.461. The van der Waals surface area contributed by atoms with E-state index in [4.69, 9.17) is 0 Å². The molecule has 1 fully saturated rings. The number of hydrogen-bond acceptors (Lipinski definition) is 5. The Bertz CT molecular complexity index is 757. The second-order valence-corrected chi connectivity index (χ2v) is 6.04. The van der Waals surface area contributed by atoms with Crippen LogP contribution in [0.1, 0.15) is 36.7 Å². The van der Waals surface area contributed by atoms with Crippen LogP contribution in [0.2, 0.25) is 0 Å². The predicted octanol–water partition coefficient (Wildman–Crippen LogP) is 2.50. The summed E-state index contributed by atoms with van der Waals surface area (Å²) in [5, 5.41) is 21.8. The molecule has 0 atom stereocenters. The molecule has 1 aliphatic heterocycles. The van der Waals surface area contributed by atoms with Crippen molar-refractivity contribution in [3.8, 4) is 0 Å². The van der Waals surface area contributed by atoms with Crippen LogP contribution in [0.15, 0.2) is 18.2 Å². The van der Waals surface area contributed by atoms with Gasteiger partial charge in [-0.3, -0.25) is 20.0 Å². The van der Waals surface area contributed by atoms with Crippen molar-refractivity contribution in [3.05, 3.63) is 34.0 Å². The first-order valence-electron chi connectivity index (χ1n) is 8.26. The molecule has 1 aromatic carbocycles. The fourth-order valence-corrected chi connectivity index (χ4v) is 3.22. The summed E-state index contributed by atoms with van der Waals surface area (Å²) < 4.78 is 0. The standard InChI is InChI=1S/C16H21N5O3.ClH/c1-2-9-20(11-5-7-17-8-6-11)16(22)15-13-10-12(21(23)24)3-4-14(13)18-19-15;/h3-4,10-11,17H,2,5-9H2,1H3,(H,18,19);1H. The minimum Gasteiger partial charge on any atom is -0.334 e. The lowest BCUT2D eigenvalue weighted by Crippen LogP contribution is -2.46. The molecule has 0 aliphatic carbocycles. The first-order valence-corrected chi connectivity index (χ1v) is 8.26. The van der Waals surface area contributed by atoms with Gasteiger partial charge in [-0.2, -0.15) is 5.10 Å². The van der Waals surface area contributed by atoms with Crippen molar-refractivity contribution >= 4 is 34.9 Å². The van der Waals surface area contributed by atoms with Crippen LogP contribution in [0.3, 0.4) is 0 Å². The highest BCUT2D eigenvalue weighted by Gasteiger charge is 2.28. The molecule has 25 heavy (non-hydrogen) atoms. The molecule has 1 aliphatic rings. The number of carbonyl (C=O) groups excluding carboxylic acids is 1. The second-order valence-electron chi connectivity index (χ2n) is 6.04. The highest BCUT2D eigenvalue weighted by Crippen LogP contribution is 2.24. The summed E-state index contributed by atoms with van der Waals surface area (Å²) in [6.07, 6.45) is 2.68. The molecule has 0 bridgehead atoms. The van der Waals surface area contributed by atoms with Gasteiger partial charge in [0.1, 0.15) is 0 Å². The SMILES string of the molecule is CCCN(C(=O)c1n[nH]c2ccc([N+](=O)[O-])cc12)C1CCNCC1.Cl. The molecule has 2 N–H and O–H groups in total. The van der Waals surface area contributed by atoms with Crippen LogP contribution < -0.4 is 5.32 Å². The van der Waals surface area contributed by atoms with E-state index in [1.165, 1.54) is 12.1 Å². The zero-order valence-corrected chi connectivity index (χ0v) is 14.8. The molecule has 2 heterocycles. The van der Waals surface area contributed by atoms with E-state index in [-0.39, 0.29) is 35.7 Å². The normalized spacial score (nSPS) is 14.9. The third-order valence-corrected chi connectivity index (χ3v) is 4.43. The number of nitrogens with zero attached hydrogens (tertiary/aromatic N) is 3. The predicted molar refractivity (Wildman–Crippen MR) is 97.2 cm³/mol. The van der Waals surface area contributed by atoms with Gasteiger partial charge < -0.3 is 10.2 Å². The number of non-ortho nitro benzene ring substituents is 1. The van der Waals surface area contributed by atoms with Gasteiger partial charge in [0.2, 0.25) is 0 Å². The van der Waals surface area contributed by atoms with Crippen molar-refractivity contribution in [2.75, 3.05) is 19.6 Å². The Morgan fingerprint density at radius 2 is 2.12 bits per heavy atom. The van der Waals surface area contributed by atoms with Gasteiger partial charge in [-0.15, -0.1) is 12.4 Å². The first kappa shape index (κ1) is 19.1. The number of amides is 1. The molecule has 0 saturated carbocycles. The summed E-state index contributed by atoms with van der Waals surface area (Å²) in [7, 11) is 0. The summed E-state index contributed by atoms with van der Waals surface area (Å²) in [4.78, 5) is 25.5. The van der Waals surface area contributed by atoms with Crippen LogP contribution in [-0.2, 0) is 0 Å². The maximum absolute atomic E-state index is 13.0. The van der Waals surface area contributed by atoms with E-state index < -0.39 is 4.92 Å². The fourth-order valence-electron chi connectivity index (χ4n) is 3.22. The maximum Gasteiger partial charge on any atom is 0.275 e. The molecular weight excluding hydrogens is 346 g/mol. The first-order chi connectivity index (χ1) is 11.6. The molecule has 3 rings (SSSR count). The summed E-state index contributed by atoms with van der Waals surface area (Å²) in [5.74, 6) is -0.157. The molecule has 2 aromatic rings. The average molecular weight is 368 g/mol. The average Bonchev–Trinajstić information content (AvgIpc) is 3.03. The number of H-pyrrole nitrogens is 1. The van der Waals surface area contributed by atoms with Crippen LogP contribution in [-0.4, -0.2) is 51.6 Å². The number of aromatic amines is 1. The highest BCUT2D eigenvalue weighted by atomic mass is 35.5. The Balaban J connectivity index is 0.00000225. The molecule has 1 saturated heterocycles. The Morgan fingerprint density at radius 3 is 2.76 bits per heavy atom. The number of rotatable bonds is 5. The molecular formula is C16H22ClN5O3. The summed E-state index contributed by atoms with van der Waals surface area (Å²) in [6.45, 7) is 4.48. The van der Waals surface area contributed by atoms with Crippen molar-refractivity contribution in [3.63, 3.8) is 0 Å². The van der Waals surface area contributed by atoms with Crippen molar-refractivity contribution < 1.29 is 9.72 Å². The Hall–Kier alpha value is -2.19. The van der Waals surface area contributed by atoms with Gasteiger partial charge in [-0.1, -0.05) is 6.92 Å². The van der Waals surface area contributed by atoms with E-state index in [0.29, 0.717) is 17.4 Å². The van der Waals surface area contributed by atoms with E-state index >= 15 is 0 Å². The van der Waals surface area contributed by atoms with Crippen molar-refractivity contribution in [1.82, 2.24) is 20.4 Å². The largest absolute Gasteiger partial charge is 0.334 e. The van der Waals surface area contributed by atoms with E-state index in [9.17, 15) is 14.9 Å². The Kier molecular flexibility index (Phi) is 6.33. The number of fused-ring (bicyclic) bond motifs is 1. The van der Waals surface area contributed by atoms with Crippen LogP contribution >= 0.6 is 12.4 Å². The van der Waals surface area contributed by atoms with Gasteiger partial charge in [0, 0.05) is 30.1 Å². The molecule has 0 spiro atoms. The van der Waals surface area contributed by atoms with Crippen molar-refractivity contribution in [2.24, 2.45) is 0 Å². The summed E-state index contributed by atoms with van der Waals surface area (Å²) in [5.41, 5.74) is 0.855. The topological polar surface area (TPSA) is 104 Å². The van der Waals surface area contributed by atoms with Crippen LogP contribution in [0, 0.1) is 10.1 Å².